The van der Waals surface area contributed by atoms with Gasteiger partial charge in [0, 0.05) is 6.54 Å². The predicted molar refractivity (Wildman–Crippen MR) is 92.7 cm³/mol. The van der Waals surface area contributed by atoms with Crippen molar-refractivity contribution >= 4 is 25.7 Å². The maximum atomic E-state index is 13.0. The monoisotopic (exact) mass is 366 g/mol. The molecule has 128 valence electrons. The summed E-state index contributed by atoms with van der Waals surface area (Å²) in [6.07, 6.45) is 1.23. The molecule has 2 aromatic rings. The summed E-state index contributed by atoms with van der Waals surface area (Å²) in [7, 11) is -8.13. The summed E-state index contributed by atoms with van der Waals surface area (Å²) >= 11 is 0. The van der Waals surface area contributed by atoms with Gasteiger partial charge in [0.2, 0.25) is 10.0 Å². The van der Waals surface area contributed by atoms with Gasteiger partial charge in [0.05, 0.1) is 18.0 Å². The lowest BCUT2D eigenvalue weighted by Gasteiger charge is -2.26. The van der Waals surface area contributed by atoms with Gasteiger partial charge in [0.1, 0.15) is 4.90 Å². The van der Waals surface area contributed by atoms with Gasteiger partial charge in [0.25, 0.3) is 10.0 Å². The molecule has 1 aliphatic heterocycles. The number of rotatable bonds is 3. The van der Waals surface area contributed by atoms with Crippen molar-refractivity contribution in [2.75, 3.05) is 18.1 Å². The maximum Gasteiger partial charge on any atom is 0.258 e. The van der Waals surface area contributed by atoms with Crippen LogP contribution in [-0.4, -0.2) is 39.4 Å². The zero-order valence-corrected chi connectivity index (χ0v) is 14.7. The molecule has 0 aromatic heterocycles. The average molecular weight is 366 g/mol. The number of anilines is 1. The van der Waals surface area contributed by atoms with Crippen molar-refractivity contribution in [1.82, 2.24) is 3.71 Å². The Hall–Kier alpha value is -1.90. The second-order valence-corrected chi connectivity index (χ2v) is 9.59. The molecular weight excluding hydrogens is 348 g/mol. The number of fused-ring (bicyclic) bond motifs is 1. The molecule has 0 aliphatic carbocycles. The molecular formula is C16H18N2O4S2. The van der Waals surface area contributed by atoms with Gasteiger partial charge in [-0.1, -0.05) is 46.2 Å². The van der Waals surface area contributed by atoms with Crippen LogP contribution in [0.3, 0.4) is 0 Å². The molecule has 3 rings (SSSR count). The molecule has 24 heavy (non-hydrogen) atoms. The predicted octanol–water partition coefficient (Wildman–Crippen LogP) is 1.67. The molecule has 2 aromatic carbocycles. The van der Waals surface area contributed by atoms with Gasteiger partial charge in [-0.2, -0.15) is 0 Å². The highest BCUT2D eigenvalue weighted by atomic mass is 32.3. The van der Waals surface area contributed by atoms with Gasteiger partial charge in [0.15, 0.2) is 0 Å². The van der Waals surface area contributed by atoms with Gasteiger partial charge in [-0.15, -0.1) is 0 Å². The van der Waals surface area contributed by atoms with E-state index in [1.54, 1.807) is 18.2 Å². The first-order chi connectivity index (χ1) is 11.3. The number of sulfonamides is 2. The fourth-order valence-electron chi connectivity index (χ4n) is 2.92. The van der Waals surface area contributed by atoms with Crippen molar-refractivity contribution in [3.8, 4) is 0 Å². The van der Waals surface area contributed by atoms with Crippen molar-refractivity contribution in [3.63, 3.8) is 0 Å². The van der Waals surface area contributed by atoms with Crippen molar-refractivity contribution in [3.05, 3.63) is 60.2 Å². The van der Waals surface area contributed by atoms with Gasteiger partial charge in [-0.3, -0.25) is 0 Å². The zero-order chi connectivity index (χ0) is 17.4. The number of hydrogen-bond acceptors (Lipinski definition) is 5. The second-order valence-electron chi connectivity index (χ2n) is 5.71. The minimum absolute atomic E-state index is 0.0222. The second kappa shape index (κ2) is 6.19. The minimum atomic E-state index is -4.16. The largest absolute Gasteiger partial charge is 0.382 e. The van der Waals surface area contributed by atoms with E-state index >= 15 is 0 Å². The summed E-state index contributed by atoms with van der Waals surface area (Å²) in [4.78, 5) is -0.0222. The van der Waals surface area contributed by atoms with Crippen LogP contribution in [0.25, 0.3) is 0 Å². The van der Waals surface area contributed by atoms with E-state index in [1.165, 1.54) is 6.07 Å². The van der Waals surface area contributed by atoms with Crippen LogP contribution < -0.4 is 5.32 Å². The Kier molecular flexibility index (Phi) is 4.37. The van der Waals surface area contributed by atoms with E-state index in [0.717, 1.165) is 11.8 Å². The van der Waals surface area contributed by atoms with Crippen LogP contribution in [0.1, 0.15) is 5.56 Å². The Balaban J connectivity index is 2.11. The van der Waals surface area contributed by atoms with E-state index in [9.17, 15) is 16.8 Å². The average Bonchev–Trinajstić information content (AvgIpc) is 2.63. The van der Waals surface area contributed by atoms with E-state index in [1.807, 2.05) is 30.3 Å². The molecule has 0 spiro atoms. The van der Waals surface area contributed by atoms with Gasteiger partial charge in [-0.05, 0) is 24.1 Å². The molecule has 0 saturated heterocycles. The lowest BCUT2D eigenvalue weighted by molar-refractivity contribution is 0.435. The van der Waals surface area contributed by atoms with Crippen molar-refractivity contribution in [2.45, 2.75) is 17.4 Å². The van der Waals surface area contributed by atoms with Crippen LogP contribution in [0.4, 0.5) is 5.69 Å². The van der Waals surface area contributed by atoms with Gasteiger partial charge >= 0.3 is 0 Å². The third kappa shape index (κ3) is 3.17. The topological polar surface area (TPSA) is 83.6 Å². The molecule has 0 amide bonds. The quantitative estimate of drug-likeness (QED) is 0.893. The first-order valence-electron chi connectivity index (χ1n) is 7.41. The molecule has 0 fully saturated rings. The van der Waals surface area contributed by atoms with Crippen molar-refractivity contribution in [1.29, 1.82) is 0 Å². The summed E-state index contributed by atoms with van der Waals surface area (Å²) in [6, 6.07) is 14.9. The maximum absolute atomic E-state index is 13.0. The van der Waals surface area contributed by atoms with Crippen LogP contribution in [0, 0.1) is 0 Å². The third-order valence-electron chi connectivity index (χ3n) is 3.87. The number of benzene rings is 2. The summed E-state index contributed by atoms with van der Waals surface area (Å²) in [6.45, 7) is 0.207. The highest BCUT2D eigenvalue weighted by Crippen LogP contribution is 2.31. The Labute approximate surface area is 142 Å². The number of para-hydroxylation sites is 1. The smallest absolute Gasteiger partial charge is 0.258 e. The third-order valence-corrected chi connectivity index (χ3v) is 7.91. The summed E-state index contributed by atoms with van der Waals surface area (Å²) in [5.41, 5.74) is 1.29. The van der Waals surface area contributed by atoms with E-state index in [0.29, 0.717) is 15.8 Å². The van der Waals surface area contributed by atoms with E-state index in [4.69, 9.17) is 0 Å². The molecule has 6 nitrogen and oxygen atoms in total. The minimum Gasteiger partial charge on any atom is -0.382 e. The number of nitrogens with zero attached hydrogens (tertiary/aromatic N) is 1. The first kappa shape index (κ1) is 16.9. The Bertz CT molecular complexity index is 941. The van der Waals surface area contributed by atoms with Crippen molar-refractivity contribution < 1.29 is 16.8 Å². The fourth-order valence-corrected chi connectivity index (χ4v) is 6.68. The Morgan fingerprint density at radius 2 is 1.71 bits per heavy atom. The lowest BCUT2D eigenvalue weighted by Crippen LogP contribution is -2.46. The van der Waals surface area contributed by atoms with E-state index in [2.05, 4.69) is 5.32 Å². The Morgan fingerprint density at radius 1 is 1.08 bits per heavy atom. The molecule has 0 bridgehead atoms. The van der Waals surface area contributed by atoms with E-state index in [-0.39, 0.29) is 11.4 Å². The highest BCUT2D eigenvalue weighted by Gasteiger charge is 2.41. The van der Waals surface area contributed by atoms with Crippen molar-refractivity contribution in [2.24, 2.45) is 0 Å². The summed E-state index contributed by atoms with van der Waals surface area (Å²) < 4.78 is 51.2. The lowest BCUT2D eigenvalue weighted by atomic mass is 10.1. The van der Waals surface area contributed by atoms with Gasteiger partial charge < -0.3 is 5.32 Å². The van der Waals surface area contributed by atoms with Crippen LogP contribution in [0.5, 0.6) is 0 Å². The first-order valence-corrected chi connectivity index (χ1v) is 10.7. The van der Waals surface area contributed by atoms with Crippen LogP contribution in [0.15, 0.2) is 59.5 Å². The Morgan fingerprint density at radius 3 is 2.38 bits per heavy atom. The highest BCUT2D eigenvalue weighted by molar-refractivity contribution is 8.03. The SMILES string of the molecule is CS(=O)(=O)N1C(Cc2ccccc2)CNc2ccccc2S1(=O)=O. The molecule has 1 N–H and O–H groups in total. The molecule has 1 heterocycles. The number of hydrogen-bond donors (Lipinski definition) is 1. The normalized spacial score (nSPS) is 20.6. The standard InChI is InChI=1S/C16H18N2O4S2/c1-23(19,20)18-14(11-13-7-3-2-4-8-13)12-17-15-9-5-6-10-16(15)24(18,21)22/h2-10,14,17H,11-12H2,1H3. The van der Waals surface area contributed by atoms with Crippen LogP contribution in [-0.2, 0) is 26.5 Å². The molecule has 0 radical (unpaired) electrons. The molecule has 1 aliphatic rings. The zero-order valence-electron chi connectivity index (χ0n) is 13.1. The van der Waals surface area contributed by atoms with Crippen LogP contribution in [0.2, 0.25) is 0 Å². The molecule has 0 saturated carbocycles. The number of nitrogens with one attached hydrogen (secondary N) is 1. The fraction of sp³-hybridized carbons (Fsp3) is 0.250. The molecule has 1 unspecified atom stereocenters. The summed E-state index contributed by atoms with van der Waals surface area (Å²) in [5.74, 6) is 0. The van der Waals surface area contributed by atoms with Gasteiger partial charge in [-0.25, -0.2) is 16.8 Å². The molecule has 1 atom stereocenters. The van der Waals surface area contributed by atoms with E-state index < -0.39 is 26.1 Å². The molecule has 8 heteroatoms. The summed E-state index contributed by atoms with van der Waals surface area (Å²) in [5, 5.41) is 3.07. The van der Waals surface area contributed by atoms with Crippen LogP contribution >= 0.6 is 0 Å².